The average molecular weight is 417 g/mol. The van der Waals surface area contributed by atoms with Crippen LogP contribution < -0.4 is 4.74 Å². The number of hydrogen-bond acceptors (Lipinski definition) is 4. The van der Waals surface area contributed by atoms with E-state index in [9.17, 15) is 0 Å². The Balaban J connectivity index is 1.69. The van der Waals surface area contributed by atoms with Crippen LogP contribution in [0, 0.1) is 0 Å². The van der Waals surface area contributed by atoms with Gasteiger partial charge >= 0.3 is 0 Å². The number of nitrogens with zero attached hydrogens (tertiary/aromatic N) is 3. The minimum Gasteiger partial charge on any atom is -0.489 e. The van der Waals surface area contributed by atoms with Gasteiger partial charge in [-0.05, 0) is 51.8 Å². The summed E-state index contributed by atoms with van der Waals surface area (Å²) in [5.41, 5.74) is 1.98. The lowest BCUT2D eigenvalue weighted by atomic mass is 10.2. The van der Waals surface area contributed by atoms with E-state index in [0.717, 1.165) is 21.3 Å². The van der Waals surface area contributed by atoms with Crippen molar-refractivity contribution in [1.82, 2.24) is 4.98 Å². The van der Waals surface area contributed by atoms with Gasteiger partial charge in [-0.25, -0.2) is 4.98 Å². The normalized spacial score (nSPS) is 11.0. The van der Waals surface area contributed by atoms with E-state index in [0.29, 0.717) is 24.0 Å². The Morgan fingerprint density at radius 2 is 1.88 bits per heavy atom. The van der Waals surface area contributed by atoms with Gasteiger partial charge in [-0.2, -0.15) is 5.11 Å². The van der Waals surface area contributed by atoms with Gasteiger partial charge in [0.25, 0.3) is 0 Å². The topological polar surface area (TPSA) is 46.8 Å². The van der Waals surface area contributed by atoms with Gasteiger partial charge in [-0.15, -0.1) is 5.11 Å². The average Bonchev–Trinajstić information content (AvgIpc) is 2.63. The summed E-state index contributed by atoms with van der Waals surface area (Å²) in [6.07, 6.45) is 1.68. The molecule has 0 saturated heterocycles. The van der Waals surface area contributed by atoms with Crippen molar-refractivity contribution >= 4 is 33.3 Å². The monoisotopic (exact) mass is 415 g/mol. The third kappa shape index (κ3) is 5.37. The van der Waals surface area contributed by atoms with E-state index in [2.05, 4.69) is 31.1 Å². The number of benzene rings is 2. The maximum absolute atomic E-state index is 6.10. The Morgan fingerprint density at radius 1 is 1.04 bits per heavy atom. The first kappa shape index (κ1) is 17.6. The Kier molecular flexibility index (Phi) is 6.14. The van der Waals surface area contributed by atoms with Gasteiger partial charge in [0.15, 0.2) is 5.82 Å². The fourth-order valence-corrected chi connectivity index (χ4v) is 2.59. The van der Waals surface area contributed by atoms with Crippen molar-refractivity contribution in [1.29, 1.82) is 0 Å². The van der Waals surface area contributed by atoms with Crippen LogP contribution in [0.1, 0.15) is 11.1 Å². The number of hydrogen-bond donors (Lipinski definition) is 0. The second-order valence-electron chi connectivity index (χ2n) is 5.26. The van der Waals surface area contributed by atoms with E-state index in [4.69, 9.17) is 16.3 Å². The molecule has 0 N–H and O–H groups in total. The van der Waals surface area contributed by atoms with Crippen LogP contribution in [0.25, 0.3) is 0 Å². The van der Waals surface area contributed by atoms with Crippen LogP contribution in [0.4, 0.5) is 5.82 Å². The summed E-state index contributed by atoms with van der Waals surface area (Å²) in [7, 11) is 0. The summed E-state index contributed by atoms with van der Waals surface area (Å²) in [5, 5.41) is 8.97. The third-order valence-corrected chi connectivity index (χ3v) is 4.09. The molecule has 0 saturated carbocycles. The van der Waals surface area contributed by atoms with Crippen LogP contribution in [0.3, 0.4) is 0 Å². The molecule has 126 valence electrons. The molecule has 0 bridgehead atoms. The van der Waals surface area contributed by atoms with Crippen LogP contribution in [-0.2, 0) is 13.2 Å². The molecule has 3 rings (SSSR count). The van der Waals surface area contributed by atoms with Crippen LogP contribution in [0.15, 0.2) is 81.6 Å². The molecule has 0 amide bonds. The van der Waals surface area contributed by atoms with Crippen LogP contribution in [0.2, 0.25) is 5.02 Å². The molecule has 25 heavy (non-hydrogen) atoms. The smallest absolute Gasteiger partial charge is 0.173 e. The molecule has 0 aliphatic rings. The summed E-state index contributed by atoms with van der Waals surface area (Å²) in [6.45, 7) is 0.851. The van der Waals surface area contributed by atoms with E-state index in [-0.39, 0.29) is 0 Å². The van der Waals surface area contributed by atoms with Gasteiger partial charge in [0.2, 0.25) is 0 Å². The molecular weight excluding hydrogens is 402 g/mol. The molecule has 0 radical (unpaired) electrons. The van der Waals surface area contributed by atoms with E-state index in [1.165, 1.54) is 0 Å². The maximum atomic E-state index is 6.10. The predicted molar refractivity (Wildman–Crippen MR) is 102 cm³/mol. The van der Waals surface area contributed by atoms with E-state index < -0.39 is 0 Å². The first-order valence-corrected chi connectivity index (χ1v) is 8.82. The minimum atomic E-state index is 0.364. The Bertz CT molecular complexity index is 854. The second kappa shape index (κ2) is 8.74. The maximum Gasteiger partial charge on any atom is 0.173 e. The SMILES string of the molecule is Clc1ccc(OCc2ccccc2)c(CN=Nc2ccc(Br)cn2)c1. The van der Waals surface area contributed by atoms with Crippen molar-refractivity contribution in [3.63, 3.8) is 0 Å². The molecular formula is C19H15BrClN3O. The van der Waals surface area contributed by atoms with Gasteiger partial charge in [0.05, 0.1) is 6.54 Å². The molecule has 2 aromatic carbocycles. The highest BCUT2D eigenvalue weighted by molar-refractivity contribution is 9.10. The number of rotatable bonds is 6. The highest BCUT2D eigenvalue weighted by Crippen LogP contribution is 2.25. The predicted octanol–water partition coefficient (Wildman–Crippen LogP) is 6.36. The summed E-state index contributed by atoms with van der Waals surface area (Å²) >= 11 is 9.44. The van der Waals surface area contributed by atoms with Crippen molar-refractivity contribution in [2.75, 3.05) is 0 Å². The highest BCUT2D eigenvalue weighted by Gasteiger charge is 2.05. The number of halogens is 2. The number of ether oxygens (including phenoxy) is 1. The zero-order chi connectivity index (χ0) is 17.5. The largest absolute Gasteiger partial charge is 0.489 e. The first-order valence-electron chi connectivity index (χ1n) is 7.65. The van der Waals surface area contributed by atoms with Crippen molar-refractivity contribution in [2.45, 2.75) is 13.2 Å². The van der Waals surface area contributed by atoms with Gasteiger partial charge in [0.1, 0.15) is 12.4 Å². The lowest BCUT2D eigenvalue weighted by molar-refractivity contribution is 0.303. The van der Waals surface area contributed by atoms with Crippen LogP contribution in [-0.4, -0.2) is 4.98 Å². The molecule has 4 nitrogen and oxygen atoms in total. The van der Waals surface area contributed by atoms with Crippen molar-refractivity contribution < 1.29 is 4.74 Å². The molecule has 0 aliphatic heterocycles. The Hall–Kier alpha value is -2.24. The Labute approximate surface area is 159 Å². The first-order chi connectivity index (χ1) is 12.2. The van der Waals surface area contributed by atoms with Gasteiger partial charge < -0.3 is 4.74 Å². The number of aromatic nitrogens is 1. The second-order valence-corrected chi connectivity index (χ2v) is 6.61. The van der Waals surface area contributed by atoms with Gasteiger partial charge in [-0.3, -0.25) is 0 Å². The lowest BCUT2D eigenvalue weighted by Gasteiger charge is -2.10. The zero-order valence-corrected chi connectivity index (χ0v) is 15.6. The third-order valence-electron chi connectivity index (χ3n) is 3.39. The van der Waals surface area contributed by atoms with E-state index in [1.807, 2.05) is 48.5 Å². The molecule has 6 heteroatoms. The molecule has 0 unspecified atom stereocenters. The summed E-state index contributed by atoms with van der Waals surface area (Å²) in [6, 6.07) is 19.2. The van der Waals surface area contributed by atoms with Crippen LogP contribution >= 0.6 is 27.5 Å². The summed E-state index contributed by atoms with van der Waals surface area (Å²) in [4.78, 5) is 4.16. The molecule has 0 fully saturated rings. The fourth-order valence-electron chi connectivity index (χ4n) is 2.16. The molecule has 0 aliphatic carbocycles. The van der Waals surface area contributed by atoms with Gasteiger partial charge in [-0.1, -0.05) is 41.9 Å². The zero-order valence-electron chi connectivity index (χ0n) is 13.3. The number of azo groups is 1. The van der Waals surface area contributed by atoms with Crippen LogP contribution in [0.5, 0.6) is 5.75 Å². The van der Waals surface area contributed by atoms with Crippen molar-refractivity contribution in [3.8, 4) is 5.75 Å². The Morgan fingerprint density at radius 3 is 2.64 bits per heavy atom. The number of pyridine rings is 1. The lowest BCUT2D eigenvalue weighted by Crippen LogP contribution is -1.98. The molecule has 3 aromatic rings. The highest BCUT2D eigenvalue weighted by atomic mass is 79.9. The van der Waals surface area contributed by atoms with Crippen molar-refractivity contribution in [3.05, 3.63) is 87.5 Å². The quantitative estimate of drug-likeness (QED) is 0.439. The van der Waals surface area contributed by atoms with E-state index in [1.54, 1.807) is 18.3 Å². The van der Waals surface area contributed by atoms with Crippen molar-refractivity contribution in [2.24, 2.45) is 10.2 Å². The molecule has 0 atom stereocenters. The minimum absolute atomic E-state index is 0.364. The van der Waals surface area contributed by atoms with E-state index >= 15 is 0 Å². The fraction of sp³-hybridized carbons (Fsp3) is 0.105. The summed E-state index contributed by atoms with van der Waals surface area (Å²) < 4.78 is 6.82. The molecule has 0 spiro atoms. The van der Waals surface area contributed by atoms with Gasteiger partial charge in [0, 0.05) is 21.3 Å². The standard InChI is InChI=1S/C19H15BrClN3O/c20-16-6-9-19(22-12-16)24-23-11-15-10-17(21)7-8-18(15)25-13-14-4-2-1-3-5-14/h1-10,12H,11,13H2. The summed E-state index contributed by atoms with van der Waals surface area (Å²) in [5.74, 6) is 1.30. The molecule has 1 aromatic heterocycles. The molecule has 1 heterocycles.